The molecule has 0 aromatic heterocycles. The SMILES string of the molecule is COC(=O)C1C(C(=O)OC)C(c2ccc(OC)c(OC)c2)C1c1ccc(OC)c(OC)c1. The molecule has 1 fully saturated rings. The zero-order valence-electron chi connectivity index (χ0n) is 19.0. The van der Waals surface area contributed by atoms with Crippen LogP contribution in [0.2, 0.25) is 0 Å². The van der Waals surface area contributed by atoms with Gasteiger partial charge in [-0.2, -0.15) is 0 Å². The first-order valence-corrected chi connectivity index (χ1v) is 10.0. The molecule has 172 valence electrons. The van der Waals surface area contributed by atoms with Gasteiger partial charge in [-0.3, -0.25) is 9.59 Å². The molecule has 0 saturated heterocycles. The Hall–Kier alpha value is -3.42. The van der Waals surface area contributed by atoms with Gasteiger partial charge in [0.25, 0.3) is 0 Å². The highest BCUT2D eigenvalue weighted by molar-refractivity contribution is 5.87. The molecular weight excluding hydrogens is 416 g/mol. The minimum Gasteiger partial charge on any atom is -0.493 e. The van der Waals surface area contributed by atoms with Crippen LogP contribution < -0.4 is 18.9 Å². The summed E-state index contributed by atoms with van der Waals surface area (Å²) in [6, 6.07) is 10.9. The van der Waals surface area contributed by atoms with Crippen molar-refractivity contribution in [3.8, 4) is 23.0 Å². The van der Waals surface area contributed by atoms with Crippen molar-refractivity contribution in [1.29, 1.82) is 0 Å². The van der Waals surface area contributed by atoms with Crippen LogP contribution >= 0.6 is 0 Å². The molecule has 1 saturated carbocycles. The van der Waals surface area contributed by atoms with Crippen LogP contribution in [0.3, 0.4) is 0 Å². The van der Waals surface area contributed by atoms with Gasteiger partial charge in [0.15, 0.2) is 23.0 Å². The molecule has 0 spiro atoms. The van der Waals surface area contributed by atoms with E-state index in [1.807, 2.05) is 24.3 Å². The summed E-state index contributed by atoms with van der Waals surface area (Å²) in [7, 11) is 8.82. The Balaban J connectivity index is 2.16. The van der Waals surface area contributed by atoms with Gasteiger partial charge >= 0.3 is 11.9 Å². The lowest BCUT2D eigenvalue weighted by atomic mass is 9.52. The lowest BCUT2D eigenvalue weighted by Gasteiger charge is -2.49. The number of rotatable bonds is 8. The molecule has 0 N–H and O–H groups in total. The van der Waals surface area contributed by atoms with E-state index in [4.69, 9.17) is 28.4 Å². The fourth-order valence-corrected chi connectivity index (χ4v) is 4.56. The Kier molecular flexibility index (Phi) is 7.12. The van der Waals surface area contributed by atoms with E-state index in [0.29, 0.717) is 23.0 Å². The zero-order valence-corrected chi connectivity index (χ0v) is 19.0. The van der Waals surface area contributed by atoms with Crippen LogP contribution in [-0.4, -0.2) is 54.6 Å². The van der Waals surface area contributed by atoms with E-state index in [1.165, 1.54) is 14.2 Å². The zero-order chi connectivity index (χ0) is 23.4. The molecule has 4 atom stereocenters. The molecule has 1 aliphatic carbocycles. The van der Waals surface area contributed by atoms with E-state index in [1.54, 1.807) is 40.6 Å². The van der Waals surface area contributed by atoms with Crippen molar-refractivity contribution in [2.24, 2.45) is 11.8 Å². The molecule has 2 aromatic carbocycles. The maximum Gasteiger partial charge on any atom is 0.310 e. The maximum absolute atomic E-state index is 12.8. The molecule has 4 unspecified atom stereocenters. The second-order valence-electron chi connectivity index (χ2n) is 7.38. The van der Waals surface area contributed by atoms with E-state index in [-0.39, 0.29) is 11.8 Å². The van der Waals surface area contributed by atoms with Crippen molar-refractivity contribution >= 4 is 11.9 Å². The molecule has 0 aliphatic heterocycles. The summed E-state index contributed by atoms with van der Waals surface area (Å²) in [5.41, 5.74) is 1.64. The lowest BCUT2D eigenvalue weighted by Crippen LogP contribution is -2.52. The number of carbonyl (C=O) groups excluding carboxylic acids is 2. The fourth-order valence-electron chi connectivity index (χ4n) is 4.56. The number of hydrogen-bond acceptors (Lipinski definition) is 8. The van der Waals surface area contributed by atoms with Crippen LogP contribution in [0.5, 0.6) is 23.0 Å². The topological polar surface area (TPSA) is 89.5 Å². The summed E-state index contributed by atoms with van der Waals surface area (Å²) in [6.07, 6.45) is 0. The second-order valence-corrected chi connectivity index (χ2v) is 7.38. The molecule has 0 radical (unpaired) electrons. The van der Waals surface area contributed by atoms with E-state index in [9.17, 15) is 9.59 Å². The minimum absolute atomic E-state index is 0.357. The minimum atomic E-state index is -0.719. The molecule has 8 nitrogen and oxygen atoms in total. The van der Waals surface area contributed by atoms with Crippen LogP contribution in [0.25, 0.3) is 0 Å². The standard InChI is InChI=1S/C24H28O8/c1-27-15-9-7-13(11-17(15)29-3)19-20(14-8-10-16(28-2)18(12-14)30-4)22(24(26)32-6)21(19)23(25)31-5/h7-12,19-22H,1-6H3. The number of benzene rings is 2. The summed E-state index contributed by atoms with van der Waals surface area (Å²) in [5, 5.41) is 0. The van der Waals surface area contributed by atoms with Gasteiger partial charge in [-0.1, -0.05) is 12.1 Å². The molecule has 0 amide bonds. The summed E-state index contributed by atoms with van der Waals surface area (Å²) < 4.78 is 31.7. The van der Waals surface area contributed by atoms with Gasteiger partial charge in [0, 0.05) is 11.8 Å². The van der Waals surface area contributed by atoms with Crippen LogP contribution in [0.15, 0.2) is 36.4 Å². The van der Waals surface area contributed by atoms with Crippen molar-refractivity contribution in [3.05, 3.63) is 47.5 Å². The highest BCUT2D eigenvalue weighted by Crippen LogP contribution is 2.59. The first-order valence-electron chi connectivity index (χ1n) is 10.0. The highest BCUT2D eigenvalue weighted by Gasteiger charge is 2.59. The quantitative estimate of drug-likeness (QED) is 0.574. The van der Waals surface area contributed by atoms with Crippen LogP contribution in [0, 0.1) is 11.8 Å². The van der Waals surface area contributed by atoms with Crippen molar-refractivity contribution in [1.82, 2.24) is 0 Å². The molecule has 0 bridgehead atoms. The molecule has 3 rings (SSSR count). The summed E-state index contributed by atoms with van der Waals surface area (Å²) >= 11 is 0. The van der Waals surface area contributed by atoms with E-state index >= 15 is 0 Å². The number of esters is 2. The van der Waals surface area contributed by atoms with Gasteiger partial charge in [-0.25, -0.2) is 0 Å². The van der Waals surface area contributed by atoms with Crippen LogP contribution in [0.1, 0.15) is 23.0 Å². The Bertz CT molecular complexity index is 906. The molecule has 1 aliphatic rings. The van der Waals surface area contributed by atoms with E-state index in [2.05, 4.69) is 0 Å². The predicted octanol–water partition coefficient (Wildman–Crippen LogP) is 3.18. The number of methoxy groups -OCH3 is 6. The first kappa shape index (κ1) is 23.2. The van der Waals surface area contributed by atoms with Gasteiger partial charge in [0.2, 0.25) is 0 Å². The molecule has 8 heteroatoms. The monoisotopic (exact) mass is 444 g/mol. The average Bonchev–Trinajstić information content (AvgIpc) is 2.82. The van der Waals surface area contributed by atoms with Crippen molar-refractivity contribution in [3.63, 3.8) is 0 Å². The van der Waals surface area contributed by atoms with Crippen LogP contribution in [-0.2, 0) is 19.1 Å². The maximum atomic E-state index is 12.8. The smallest absolute Gasteiger partial charge is 0.310 e. The fraction of sp³-hybridized carbons (Fsp3) is 0.417. The first-order chi connectivity index (χ1) is 15.4. The van der Waals surface area contributed by atoms with Crippen molar-refractivity contribution in [2.45, 2.75) is 11.8 Å². The van der Waals surface area contributed by atoms with Gasteiger partial charge in [-0.15, -0.1) is 0 Å². The second kappa shape index (κ2) is 9.80. The molecule has 0 heterocycles. The van der Waals surface area contributed by atoms with E-state index in [0.717, 1.165) is 11.1 Å². The largest absolute Gasteiger partial charge is 0.493 e. The van der Waals surface area contributed by atoms with Crippen molar-refractivity contribution < 1.29 is 38.0 Å². The van der Waals surface area contributed by atoms with Gasteiger partial charge < -0.3 is 28.4 Å². The third-order valence-electron chi connectivity index (χ3n) is 6.08. The molecule has 32 heavy (non-hydrogen) atoms. The Morgan fingerprint density at radius 1 is 0.562 bits per heavy atom. The molecule has 2 aromatic rings. The van der Waals surface area contributed by atoms with E-state index < -0.39 is 23.8 Å². The van der Waals surface area contributed by atoms with Gasteiger partial charge in [0.1, 0.15) is 0 Å². The Labute approximate surface area is 187 Å². The number of hydrogen-bond donors (Lipinski definition) is 0. The Morgan fingerprint density at radius 3 is 1.19 bits per heavy atom. The summed E-state index contributed by atoms with van der Waals surface area (Å²) in [4.78, 5) is 25.5. The lowest BCUT2D eigenvalue weighted by molar-refractivity contribution is -0.168. The van der Waals surface area contributed by atoms with Crippen molar-refractivity contribution in [2.75, 3.05) is 42.7 Å². The summed E-state index contributed by atoms with van der Waals surface area (Å²) in [5.74, 6) is -0.910. The van der Waals surface area contributed by atoms with Crippen LogP contribution in [0.4, 0.5) is 0 Å². The highest BCUT2D eigenvalue weighted by atomic mass is 16.5. The Morgan fingerprint density at radius 2 is 0.906 bits per heavy atom. The predicted molar refractivity (Wildman–Crippen MR) is 116 cm³/mol. The number of carbonyl (C=O) groups is 2. The molecular formula is C24H28O8. The normalized spacial score (nSPS) is 21.7. The third kappa shape index (κ3) is 3.92. The van der Waals surface area contributed by atoms with Gasteiger partial charge in [-0.05, 0) is 35.4 Å². The van der Waals surface area contributed by atoms with Gasteiger partial charge in [0.05, 0.1) is 54.5 Å². The third-order valence-corrected chi connectivity index (χ3v) is 6.08. The summed E-state index contributed by atoms with van der Waals surface area (Å²) in [6.45, 7) is 0. The average molecular weight is 444 g/mol. The number of ether oxygens (including phenoxy) is 6.